The van der Waals surface area contributed by atoms with Gasteiger partial charge in [0.05, 0.1) is 6.54 Å². The van der Waals surface area contributed by atoms with Crippen molar-refractivity contribution in [1.29, 1.82) is 0 Å². The summed E-state index contributed by atoms with van der Waals surface area (Å²) in [6, 6.07) is 11.3. The maximum atomic E-state index is 14.2. The van der Waals surface area contributed by atoms with Crippen molar-refractivity contribution in [3.63, 3.8) is 0 Å². The second kappa shape index (κ2) is 11.0. The lowest BCUT2D eigenvalue weighted by atomic mass is 10.1. The molecule has 0 saturated carbocycles. The van der Waals surface area contributed by atoms with E-state index in [0.717, 1.165) is 32.5 Å². The summed E-state index contributed by atoms with van der Waals surface area (Å²) in [5.41, 5.74) is 0.346. The summed E-state index contributed by atoms with van der Waals surface area (Å²) in [5.74, 6) is -0.821. The molecule has 1 unspecified atom stereocenters. The van der Waals surface area contributed by atoms with Crippen molar-refractivity contribution in [3.05, 3.63) is 76.0 Å². The maximum Gasteiger partial charge on any atom is 0.265 e. The predicted octanol–water partition coefficient (Wildman–Crippen LogP) is 3.82. The highest BCUT2D eigenvalue weighted by molar-refractivity contribution is 5.97. The van der Waals surface area contributed by atoms with Crippen LogP contribution in [0.5, 0.6) is 0 Å². The van der Waals surface area contributed by atoms with Gasteiger partial charge in [0, 0.05) is 23.2 Å². The van der Waals surface area contributed by atoms with Crippen LogP contribution in [0.2, 0.25) is 0 Å². The molecule has 1 N–H and O–H groups in total. The van der Waals surface area contributed by atoms with E-state index in [1.807, 2.05) is 6.92 Å². The normalized spacial score (nSPS) is 12.3. The van der Waals surface area contributed by atoms with E-state index < -0.39 is 17.3 Å². The van der Waals surface area contributed by atoms with Crippen molar-refractivity contribution in [2.75, 3.05) is 19.6 Å². The van der Waals surface area contributed by atoms with Gasteiger partial charge in [-0.2, -0.15) is 0 Å². The van der Waals surface area contributed by atoms with E-state index in [4.69, 9.17) is 0 Å². The van der Waals surface area contributed by atoms with Crippen LogP contribution in [0.25, 0.3) is 11.0 Å². The van der Waals surface area contributed by atoms with Gasteiger partial charge in [0.1, 0.15) is 17.0 Å². The minimum absolute atomic E-state index is 0.000433. The van der Waals surface area contributed by atoms with E-state index in [1.54, 1.807) is 42.6 Å². The van der Waals surface area contributed by atoms with Crippen molar-refractivity contribution in [2.45, 2.75) is 46.2 Å². The Balaban J connectivity index is 1.84. The molecule has 32 heavy (non-hydrogen) atoms. The maximum absolute atomic E-state index is 14.2. The van der Waals surface area contributed by atoms with E-state index in [0.29, 0.717) is 16.6 Å². The number of halogens is 1. The number of benzene rings is 1. The zero-order valence-corrected chi connectivity index (χ0v) is 19.0. The molecular weight excluding hydrogens is 407 g/mol. The Labute approximate surface area is 188 Å². The Kier molecular flexibility index (Phi) is 8.11. The first-order chi connectivity index (χ1) is 15.4. The van der Waals surface area contributed by atoms with Crippen LogP contribution in [0, 0.1) is 5.82 Å². The number of hydrogen-bond donors (Lipinski definition) is 1. The highest BCUT2D eigenvalue weighted by Crippen LogP contribution is 2.15. The second-order valence-electron chi connectivity index (χ2n) is 8.00. The average molecular weight is 439 g/mol. The zero-order valence-electron chi connectivity index (χ0n) is 19.0. The fourth-order valence-electron chi connectivity index (χ4n) is 3.85. The average Bonchev–Trinajstić information content (AvgIpc) is 2.79. The van der Waals surface area contributed by atoms with Crippen LogP contribution in [0.4, 0.5) is 4.39 Å². The molecule has 1 aromatic carbocycles. The van der Waals surface area contributed by atoms with Crippen LogP contribution in [-0.4, -0.2) is 46.0 Å². The summed E-state index contributed by atoms with van der Waals surface area (Å²) in [7, 11) is 0. The van der Waals surface area contributed by atoms with Crippen LogP contribution >= 0.6 is 0 Å². The number of nitrogens with zero attached hydrogens (tertiary/aromatic N) is 3. The zero-order chi connectivity index (χ0) is 23.1. The number of amides is 1. The lowest BCUT2D eigenvalue weighted by molar-refractivity contribution is 0.0935. The van der Waals surface area contributed by atoms with Crippen LogP contribution in [-0.2, 0) is 6.54 Å². The number of rotatable bonds is 10. The van der Waals surface area contributed by atoms with E-state index in [-0.39, 0.29) is 18.2 Å². The molecule has 3 aromatic rings. The summed E-state index contributed by atoms with van der Waals surface area (Å²) in [6.07, 6.45) is 3.36. The van der Waals surface area contributed by atoms with Gasteiger partial charge in [-0.05, 0) is 63.7 Å². The highest BCUT2D eigenvalue weighted by Gasteiger charge is 2.19. The SMILES string of the molecule is CCN(CC)CCCC(C)NC(=O)c1cc2cccnc2n(Cc2ccccc2F)c1=O. The molecule has 6 nitrogen and oxygen atoms in total. The fraction of sp³-hybridized carbons (Fsp3) is 0.400. The minimum Gasteiger partial charge on any atom is -0.349 e. The number of hydrogen-bond acceptors (Lipinski definition) is 4. The van der Waals surface area contributed by atoms with Crippen LogP contribution in [0.3, 0.4) is 0 Å². The van der Waals surface area contributed by atoms with Gasteiger partial charge in [-0.15, -0.1) is 0 Å². The van der Waals surface area contributed by atoms with Gasteiger partial charge >= 0.3 is 0 Å². The van der Waals surface area contributed by atoms with Gasteiger partial charge < -0.3 is 10.2 Å². The van der Waals surface area contributed by atoms with Crippen molar-refractivity contribution < 1.29 is 9.18 Å². The van der Waals surface area contributed by atoms with Gasteiger partial charge in [0.15, 0.2) is 0 Å². The van der Waals surface area contributed by atoms with E-state index in [9.17, 15) is 14.0 Å². The second-order valence-corrected chi connectivity index (χ2v) is 8.00. The third kappa shape index (κ3) is 5.59. The molecule has 0 spiro atoms. The van der Waals surface area contributed by atoms with Crippen LogP contribution in [0.1, 0.15) is 49.5 Å². The Morgan fingerprint density at radius 1 is 1.19 bits per heavy atom. The first-order valence-corrected chi connectivity index (χ1v) is 11.2. The molecule has 3 rings (SSSR count). The van der Waals surface area contributed by atoms with E-state index in [2.05, 4.69) is 29.0 Å². The highest BCUT2D eigenvalue weighted by atomic mass is 19.1. The Bertz CT molecular complexity index is 1120. The molecule has 0 aliphatic heterocycles. The number of aromatic nitrogens is 2. The molecule has 0 saturated heterocycles. The van der Waals surface area contributed by atoms with E-state index >= 15 is 0 Å². The molecule has 2 aromatic heterocycles. The molecule has 0 bridgehead atoms. The minimum atomic E-state index is -0.479. The molecule has 0 radical (unpaired) electrons. The summed E-state index contributed by atoms with van der Waals surface area (Å²) < 4.78 is 15.6. The molecule has 1 atom stereocenters. The third-order valence-electron chi connectivity index (χ3n) is 5.76. The number of carbonyl (C=O) groups excluding carboxylic acids is 1. The Hall–Kier alpha value is -3.06. The van der Waals surface area contributed by atoms with Gasteiger partial charge in [-0.3, -0.25) is 14.2 Å². The standard InChI is InChI=1S/C25H31FN4O2/c1-4-29(5-2)15-9-10-18(3)28-24(31)21-16-19-12-8-14-27-23(19)30(25(21)32)17-20-11-6-7-13-22(20)26/h6-8,11-14,16,18H,4-5,9-10,15,17H2,1-3H3,(H,28,31). The summed E-state index contributed by atoms with van der Waals surface area (Å²) in [6.45, 7) is 9.20. The molecule has 7 heteroatoms. The monoisotopic (exact) mass is 438 g/mol. The lowest BCUT2D eigenvalue weighted by Crippen LogP contribution is -2.38. The topological polar surface area (TPSA) is 67.2 Å². The quantitative estimate of drug-likeness (QED) is 0.523. The Morgan fingerprint density at radius 2 is 1.94 bits per heavy atom. The fourth-order valence-corrected chi connectivity index (χ4v) is 3.85. The largest absolute Gasteiger partial charge is 0.349 e. The first-order valence-electron chi connectivity index (χ1n) is 11.2. The molecule has 0 aliphatic rings. The third-order valence-corrected chi connectivity index (χ3v) is 5.76. The van der Waals surface area contributed by atoms with Gasteiger partial charge in [-0.25, -0.2) is 9.37 Å². The molecule has 0 fully saturated rings. The smallest absolute Gasteiger partial charge is 0.265 e. The number of pyridine rings is 2. The van der Waals surface area contributed by atoms with Crippen molar-refractivity contribution in [2.24, 2.45) is 0 Å². The predicted molar refractivity (Wildman–Crippen MR) is 125 cm³/mol. The molecule has 2 heterocycles. The lowest BCUT2D eigenvalue weighted by Gasteiger charge is -2.20. The number of nitrogens with one attached hydrogen (secondary N) is 1. The van der Waals surface area contributed by atoms with E-state index in [1.165, 1.54) is 10.6 Å². The van der Waals surface area contributed by atoms with Crippen molar-refractivity contribution >= 4 is 16.9 Å². The number of fused-ring (bicyclic) bond motifs is 1. The van der Waals surface area contributed by atoms with Crippen molar-refractivity contribution in [3.8, 4) is 0 Å². The molecular formula is C25H31FN4O2. The van der Waals surface area contributed by atoms with Gasteiger partial charge in [0.25, 0.3) is 11.5 Å². The van der Waals surface area contributed by atoms with Gasteiger partial charge in [0.2, 0.25) is 0 Å². The summed E-state index contributed by atoms with van der Waals surface area (Å²) in [5, 5.41) is 3.60. The molecule has 170 valence electrons. The van der Waals surface area contributed by atoms with Crippen LogP contribution < -0.4 is 10.9 Å². The molecule has 0 aliphatic carbocycles. The molecule has 1 amide bonds. The number of carbonyl (C=O) groups is 1. The van der Waals surface area contributed by atoms with Crippen molar-refractivity contribution in [1.82, 2.24) is 19.8 Å². The van der Waals surface area contributed by atoms with Gasteiger partial charge in [-0.1, -0.05) is 32.0 Å². The van der Waals surface area contributed by atoms with Crippen LogP contribution in [0.15, 0.2) is 53.5 Å². The summed E-state index contributed by atoms with van der Waals surface area (Å²) >= 11 is 0. The Morgan fingerprint density at radius 3 is 2.66 bits per heavy atom. The summed E-state index contributed by atoms with van der Waals surface area (Å²) in [4.78, 5) is 32.9. The first kappa shape index (κ1) is 23.6.